The maximum Gasteiger partial charge on any atom is 0.304 e. The Hall–Kier alpha value is 1.06. The van der Waals surface area contributed by atoms with Gasteiger partial charge in [0.1, 0.15) is 9.49 Å². The van der Waals surface area contributed by atoms with Crippen molar-refractivity contribution in [1.82, 2.24) is 0 Å². The molecule has 0 saturated heterocycles. The van der Waals surface area contributed by atoms with Crippen LogP contribution in [-0.2, 0) is 14.4 Å². The van der Waals surface area contributed by atoms with Gasteiger partial charge in [0.25, 0.3) is 0 Å². The summed E-state index contributed by atoms with van der Waals surface area (Å²) >= 11 is 12.5. The van der Waals surface area contributed by atoms with Crippen LogP contribution in [0.5, 0.6) is 0 Å². The van der Waals surface area contributed by atoms with Crippen LogP contribution in [0.3, 0.4) is 0 Å². The largest absolute Gasteiger partial charge is 0.481 e. The third kappa shape index (κ3) is 53.1. The zero-order valence-corrected chi connectivity index (χ0v) is 45.0. The molecule has 54 heavy (non-hydrogen) atoms. The summed E-state index contributed by atoms with van der Waals surface area (Å²) < 4.78 is 4.90. The Labute approximate surface area is 373 Å². The SMILES string of the molecule is CCCCCCCCC(S)(CC)C(=O)O.CCCCCCCCC(S)(CC)C(=O)O.CCC[CH2][Sn][CH2]CCC.CCC[CH2][Sn][CH2]CCC.O=C(O)CCS. The first-order valence-electron chi connectivity index (χ1n) is 21.9. The second-order valence-electron chi connectivity index (χ2n) is 14.2. The minimum atomic E-state index is -0.801. The molecule has 0 aromatic rings. The molecule has 3 N–H and O–H groups in total. The molecule has 0 aliphatic heterocycles. The number of carboxylic acids is 3. The van der Waals surface area contributed by atoms with Gasteiger partial charge in [0, 0.05) is 5.75 Å². The van der Waals surface area contributed by atoms with Crippen molar-refractivity contribution < 1.29 is 29.7 Å². The Kier molecular flexibility index (Phi) is 61.9. The predicted molar refractivity (Wildman–Crippen MR) is 252 cm³/mol. The number of aliphatic carboxylic acids is 3. The quantitative estimate of drug-likeness (QED) is 0.0227. The molecule has 0 rings (SSSR count). The topological polar surface area (TPSA) is 112 Å². The fourth-order valence-electron chi connectivity index (χ4n) is 4.82. The Bertz CT molecular complexity index is 715. The van der Waals surface area contributed by atoms with E-state index < -0.39 is 27.4 Å². The fourth-order valence-corrected chi connectivity index (χ4v) is 13.6. The number of carboxylic acid groups (broad SMARTS) is 3. The van der Waals surface area contributed by atoms with Crippen molar-refractivity contribution in [1.29, 1.82) is 0 Å². The van der Waals surface area contributed by atoms with E-state index in [1.807, 2.05) is 13.8 Å². The average Bonchev–Trinajstić information content (AvgIpc) is 3.15. The molecule has 0 aliphatic carbocycles. The summed E-state index contributed by atoms with van der Waals surface area (Å²) in [6, 6.07) is 0. The van der Waals surface area contributed by atoms with Crippen LogP contribution < -0.4 is 0 Å². The number of carbonyl (C=O) groups is 3. The number of rotatable bonds is 32. The molecule has 6 nitrogen and oxygen atoms in total. The zero-order valence-electron chi connectivity index (χ0n) is 36.6. The van der Waals surface area contributed by atoms with Gasteiger partial charge in [-0.1, -0.05) is 105 Å². The first kappa shape index (κ1) is 64.2. The van der Waals surface area contributed by atoms with E-state index in [1.165, 1.54) is 103 Å². The second kappa shape index (κ2) is 52.1. The van der Waals surface area contributed by atoms with Crippen molar-refractivity contribution in [3.63, 3.8) is 0 Å². The van der Waals surface area contributed by atoms with Gasteiger partial charge in [-0.25, -0.2) is 0 Å². The van der Waals surface area contributed by atoms with Crippen LogP contribution in [0.25, 0.3) is 0 Å². The molecule has 0 saturated carbocycles. The summed E-state index contributed by atoms with van der Waals surface area (Å²) in [5.74, 6) is -1.91. The summed E-state index contributed by atoms with van der Waals surface area (Å²) in [4.78, 5) is 31.4. The smallest absolute Gasteiger partial charge is 0.304 e. The first-order valence-corrected chi connectivity index (χ1v) is 31.5. The molecule has 324 valence electrons. The Balaban J connectivity index is -0.000000192. The Morgan fingerprint density at radius 2 is 0.704 bits per heavy atom. The Morgan fingerprint density at radius 3 is 0.889 bits per heavy atom. The summed E-state index contributed by atoms with van der Waals surface area (Å²) in [6.45, 7) is 17.3. The van der Waals surface area contributed by atoms with Crippen molar-refractivity contribution in [3.05, 3.63) is 0 Å². The van der Waals surface area contributed by atoms with E-state index in [2.05, 4.69) is 79.4 Å². The molecule has 0 aliphatic rings. The van der Waals surface area contributed by atoms with Gasteiger partial charge in [-0.2, -0.15) is 37.9 Å². The summed E-state index contributed by atoms with van der Waals surface area (Å²) in [5.41, 5.74) is 0. The molecule has 0 aromatic carbocycles. The average molecular weight is 1040 g/mol. The molecule has 0 aromatic heterocycles. The van der Waals surface area contributed by atoms with Gasteiger partial charge in [0.2, 0.25) is 0 Å². The molecule has 0 amide bonds. The summed E-state index contributed by atoms with van der Waals surface area (Å²) in [6.07, 6.45) is 28.7. The predicted octanol–water partition coefficient (Wildman–Crippen LogP) is 14.4. The molecule has 2 atom stereocenters. The maximum absolute atomic E-state index is 10.9. The number of unbranched alkanes of at least 4 members (excludes halogenated alkanes) is 14. The van der Waals surface area contributed by atoms with E-state index in [1.54, 1.807) is 17.7 Å². The summed E-state index contributed by atoms with van der Waals surface area (Å²) in [7, 11) is 0. The van der Waals surface area contributed by atoms with E-state index >= 15 is 0 Å². The van der Waals surface area contributed by atoms with Gasteiger partial charge in [-0.05, 0) is 25.7 Å². The van der Waals surface area contributed by atoms with Gasteiger partial charge in [-0.15, -0.1) is 0 Å². The van der Waals surface area contributed by atoms with Crippen molar-refractivity contribution in [2.24, 2.45) is 0 Å². The van der Waals surface area contributed by atoms with Crippen LogP contribution >= 0.6 is 37.9 Å². The van der Waals surface area contributed by atoms with Gasteiger partial charge >= 0.3 is 157 Å². The third-order valence-corrected chi connectivity index (χ3v) is 18.8. The van der Waals surface area contributed by atoms with Crippen LogP contribution in [-0.4, -0.2) is 90.8 Å². The van der Waals surface area contributed by atoms with E-state index in [9.17, 15) is 14.4 Å². The van der Waals surface area contributed by atoms with Crippen LogP contribution in [0.1, 0.15) is 216 Å². The molecule has 0 bridgehead atoms. The molecular formula is C43H90O6S3Sn2. The van der Waals surface area contributed by atoms with Gasteiger partial charge < -0.3 is 15.3 Å². The third-order valence-electron chi connectivity index (χ3n) is 9.01. The van der Waals surface area contributed by atoms with E-state index in [-0.39, 0.29) is 48.7 Å². The fraction of sp³-hybridized carbons (Fsp3) is 0.930. The van der Waals surface area contributed by atoms with Crippen molar-refractivity contribution >= 4 is 98.1 Å². The Morgan fingerprint density at radius 1 is 0.444 bits per heavy atom. The molecule has 0 fully saturated rings. The van der Waals surface area contributed by atoms with Gasteiger partial charge in [-0.3, -0.25) is 14.4 Å². The van der Waals surface area contributed by atoms with Crippen molar-refractivity contribution in [2.45, 2.75) is 243 Å². The van der Waals surface area contributed by atoms with Crippen LogP contribution in [0, 0.1) is 0 Å². The summed E-state index contributed by atoms with van der Waals surface area (Å²) in [5, 5.41) is 25.9. The minimum Gasteiger partial charge on any atom is -0.481 e. The van der Waals surface area contributed by atoms with E-state index in [4.69, 9.17) is 15.3 Å². The van der Waals surface area contributed by atoms with E-state index in [0.29, 0.717) is 31.4 Å². The normalized spacial score (nSPS) is 12.5. The molecule has 0 heterocycles. The zero-order chi connectivity index (χ0) is 42.4. The first-order chi connectivity index (χ1) is 25.7. The molecular weight excluding hydrogens is 946 g/mol. The number of hydrogen-bond acceptors (Lipinski definition) is 6. The van der Waals surface area contributed by atoms with Crippen LogP contribution in [0.2, 0.25) is 17.7 Å². The van der Waals surface area contributed by atoms with Crippen molar-refractivity contribution in [3.8, 4) is 0 Å². The number of hydrogen-bond donors (Lipinski definition) is 6. The minimum absolute atomic E-state index is 0.149. The van der Waals surface area contributed by atoms with E-state index in [0.717, 1.165) is 25.7 Å². The van der Waals surface area contributed by atoms with Crippen LogP contribution in [0.4, 0.5) is 0 Å². The molecule has 4 radical (unpaired) electrons. The monoisotopic (exact) mass is 1040 g/mol. The standard InChI is InChI=1S/2C12H24O2S.4C4H9.C3H6O2S.2Sn/c2*1-3-5-6-7-8-9-10-12(15,4-2)11(13)14;4*1-3-4-2;4-3(5)1-2-6;;/h2*15H,3-10H2,1-2H3,(H,13,14);4*1,3-4H2,2H3;6H,1-2H2,(H,4,5);;. The van der Waals surface area contributed by atoms with Crippen LogP contribution in [0.15, 0.2) is 0 Å². The molecule has 11 heteroatoms. The maximum atomic E-state index is 10.9. The van der Waals surface area contributed by atoms with Gasteiger partial charge in [0.15, 0.2) is 0 Å². The molecule has 0 spiro atoms. The number of thiol groups is 3. The van der Waals surface area contributed by atoms with Gasteiger partial charge in [0.05, 0.1) is 6.42 Å². The second-order valence-corrected chi connectivity index (χ2v) is 24.9. The van der Waals surface area contributed by atoms with Crippen molar-refractivity contribution in [2.75, 3.05) is 5.75 Å². The molecule has 2 unspecified atom stereocenters.